The summed E-state index contributed by atoms with van der Waals surface area (Å²) in [5.41, 5.74) is 2.38. The Morgan fingerprint density at radius 2 is 1.96 bits per heavy atom. The lowest BCUT2D eigenvalue weighted by Gasteiger charge is -2.35. The predicted octanol–water partition coefficient (Wildman–Crippen LogP) is 2.20. The van der Waals surface area contributed by atoms with E-state index in [0.717, 1.165) is 23.9 Å². The lowest BCUT2D eigenvalue weighted by atomic mass is 10.0. The molecule has 1 atom stereocenters. The first-order valence-electron chi connectivity index (χ1n) is 8.87. The average molecular weight is 338 g/mol. The van der Waals surface area contributed by atoms with Crippen LogP contribution in [0.3, 0.4) is 0 Å². The summed E-state index contributed by atoms with van der Waals surface area (Å²) in [4.78, 5) is 36.0. The molecule has 1 fully saturated rings. The van der Waals surface area contributed by atoms with E-state index in [1.165, 1.54) is 0 Å². The van der Waals surface area contributed by atoms with Gasteiger partial charge < -0.3 is 14.8 Å². The summed E-state index contributed by atoms with van der Waals surface area (Å²) in [5, 5.41) is 0. The first-order chi connectivity index (χ1) is 12.2. The Balaban J connectivity index is 1.35. The molecule has 6 heteroatoms. The van der Waals surface area contributed by atoms with Crippen LogP contribution in [0.25, 0.3) is 11.0 Å². The van der Waals surface area contributed by atoms with Gasteiger partial charge in [-0.3, -0.25) is 9.59 Å². The molecular formula is C19H22N4O2. The van der Waals surface area contributed by atoms with Crippen LogP contribution in [0.5, 0.6) is 0 Å². The molecule has 1 aromatic carbocycles. The maximum Gasteiger partial charge on any atom is 0.254 e. The number of H-pyrrole nitrogens is 1. The van der Waals surface area contributed by atoms with Crippen molar-refractivity contribution in [3.63, 3.8) is 0 Å². The summed E-state index contributed by atoms with van der Waals surface area (Å²) in [6.45, 7) is 2.42. The minimum absolute atomic E-state index is 0.0160. The fraction of sp³-hybridized carbons (Fsp3) is 0.421. The minimum atomic E-state index is 0.0160. The van der Waals surface area contributed by atoms with Gasteiger partial charge in [-0.25, -0.2) is 4.98 Å². The first-order valence-corrected chi connectivity index (χ1v) is 8.87. The van der Waals surface area contributed by atoms with E-state index in [2.05, 4.69) is 22.1 Å². The van der Waals surface area contributed by atoms with Gasteiger partial charge in [-0.2, -0.15) is 0 Å². The SMILES string of the molecule is O=C(C[C@@H]1C=CCC1)N1CCN(C(=O)c2ccc3nc[nH]c3c2)CC1. The fourth-order valence-electron chi connectivity index (χ4n) is 3.63. The van der Waals surface area contributed by atoms with Gasteiger partial charge in [-0.15, -0.1) is 0 Å². The number of hydrogen-bond donors (Lipinski definition) is 1. The highest BCUT2D eigenvalue weighted by Gasteiger charge is 2.26. The molecule has 1 aromatic heterocycles. The van der Waals surface area contributed by atoms with E-state index in [1.807, 2.05) is 28.0 Å². The molecule has 0 spiro atoms. The molecule has 2 heterocycles. The second kappa shape index (κ2) is 6.70. The van der Waals surface area contributed by atoms with Crippen LogP contribution in [0.2, 0.25) is 0 Å². The fourth-order valence-corrected chi connectivity index (χ4v) is 3.63. The molecule has 25 heavy (non-hydrogen) atoms. The van der Waals surface area contributed by atoms with Crippen LogP contribution in [0.1, 0.15) is 29.6 Å². The first kappa shape index (κ1) is 15.9. The van der Waals surface area contributed by atoms with Crippen molar-refractivity contribution >= 4 is 22.8 Å². The lowest BCUT2D eigenvalue weighted by molar-refractivity contribution is -0.133. The molecule has 6 nitrogen and oxygen atoms in total. The lowest BCUT2D eigenvalue weighted by Crippen LogP contribution is -2.50. The molecule has 2 aromatic rings. The average Bonchev–Trinajstić information content (AvgIpc) is 3.32. The Labute approximate surface area is 146 Å². The van der Waals surface area contributed by atoms with Gasteiger partial charge in [0.1, 0.15) is 0 Å². The number of piperazine rings is 1. The van der Waals surface area contributed by atoms with Crippen molar-refractivity contribution in [2.75, 3.05) is 26.2 Å². The largest absolute Gasteiger partial charge is 0.345 e. The van der Waals surface area contributed by atoms with Crippen molar-refractivity contribution in [3.8, 4) is 0 Å². The van der Waals surface area contributed by atoms with Gasteiger partial charge in [-0.05, 0) is 37.0 Å². The maximum atomic E-state index is 12.7. The Morgan fingerprint density at radius 3 is 2.72 bits per heavy atom. The van der Waals surface area contributed by atoms with Crippen molar-refractivity contribution in [2.24, 2.45) is 5.92 Å². The zero-order valence-corrected chi connectivity index (χ0v) is 14.1. The summed E-state index contributed by atoms with van der Waals surface area (Å²) in [7, 11) is 0. The molecule has 1 N–H and O–H groups in total. The zero-order chi connectivity index (χ0) is 17.2. The van der Waals surface area contributed by atoms with E-state index in [0.29, 0.717) is 44.1 Å². The number of benzene rings is 1. The number of imidazole rings is 1. The van der Waals surface area contributed by atoms with Crippen molar-refractivity contribution in [3.05, 3.63) is 42.2 Å². The van der Waals surface area contributed by atoms with Gasteiger partial charge in [0, 0.05) is 38.2 Å². The van der Waals surface area contributed by atoms with E-state index in [4.69, 9.17) is 0 Å². The Morgan fingerprint density at radius 1 is 1.16 bits per heavy atom. The summed E-state index contributed by atoms with van der Waals surface area (Å²) < 4.78 is 0. The van der Waals surface area contributed by atoms with E-state index in [1.54, 1.807) is 6.33 Å². The molecule has 4 rings (SSSR count). The quantitative estimate of drug-likeness (QED) is 0.872. The third-order valence-electron chi connectivity index (χ3n) is 5.14. The van der Waals surface area contributed by atoms with E-state index >= 15 is 0 Å². The monoisotopic (exact) mass is 338 g/mol. The van der Waals surface area contributed by atoms with Gasteiger partial charge in [0.15, 0.2) is 0 Å². The highest BCUT2D eigenvalue weighted by molar-refractivity contribution is 5.97. The number of nitrogens with zero attached hydrogens (tertiary/aromatic N) is 3. The number of aromatic amines is 1. The number of carbonyl (C=O) groups excluding carboxylic acids is 2. The van der Waals surface area contributed by atoms with Crippen molar-refractivity contribution < 1.29 is 9.59 Å². The molecule has 130 valence electrons. The summed E-state index contributed by atoms with van der Waals surface area (Å²) in [6, 6.07) is 5.51. The van der Waals surface area contributed by atoms with Crippen molar-refractivity contribution in [1.29, 1.82) is 0 Å². The van der Waals surface area contributed by atoms with Crippen molar-refractivity contribution in [2.45, 2.75) is 19.3 Å². The number of hydrogen-bond acceptors (Lipinski definition) is 3. The van der Waals surface area contributed by atoms with Crippen LogP contribution in [0.4, 0.5) is 0 Å². The molecule has 2 aliphatic rings. The third-order valence-corrected chi connectivity index (χ3v) is 5.14. The number of carbonyl (C=O) groups is 2. The molecule has 0 radical (unpaired) electrons. The molecule has 1 aliphatic heterocycles. The Kier molecular flexibility index (Phi) is 4.26. The number of nitrogens with one attached hydrogen (secondary N) is 1. The van der Waals surface area contributed by atoms with Crippen LogP contribution in [0, 0.1) is 5.92 Å². The number of allylic oxidation sites excluding steroid dienone is 2. The van der Waals surface area contributed by atoms with Crippen LogP contribution >= 0.6 is 0 Å². The number of aromatic nitrogens is 2. The number of rotatable bonds is 3. The second-order valence-corrected chi connectivity index (χ2v) is 6.78. The second-order valence-electron chi connectivity index (χ2n) is 6.78. The molecule has 0 unspecified atom stereocenters. The van der Waals surface area contributed by atoms with E-state index in [-0.39, 0.29) is 11.8 Å². The highest BCUT2D eigenvalue weighted by Crippen LogP contribution is 2.22. The van der Waals surface area contributed by atoms with Gasteiger partial charge in [0.05, 0.1) is 17.4 Å². The van der Waals surface area contributed by atoms with E-state index in [9.17, 15) is 9.59 Å². The number of amides is 2. The molecule has 2 amide bonds. The minimum Gasteiger partial charge on any atom is -0.345 e. The van der Waals surface area contributed by atoms with Gasteiger partial charge in [0.25, 0.3) is 5.91 Å². The zero-order valence-electron chi connectivity index (χ0n) is 14.1. The van der Waals surface area contributed by atoms with Crippen molar-refractivity contribution in [1.82, 2.24) is 19.8 Å². The normalized spacial score (nSPS) is 20.4. The topological polar surface area (TPSA) is 69.3 Å². The smallest absolute Gasteiger partial charge is 0.254 e. The summed E-state index contributed by atoms with van der Waals surface area (Å²) in [5.74, 6) is 0.623. The summed E-state index contributed by atoms with van der Waals surface area (Å²) >= 11 is 0. The molecule has 0 saturated carbocycles. The van der Waals surface area contributed by atoms with E-state index < -0.39 is 0 Å². The molecule has 1 aliphatic carbocycles. The van der Waals surface area contributed by atoms with Crippen LogP contribution in [-0.4, -0.2) is 57.8 Å². The van der Waals surface area contributed by atoms with Crippen LogP contribution < -0.4 is 0 Å². The number of fused-ring (bicyclic) bond motifs is 1. The van der Waals surface area contributed by atoms with Crippen LogP contribution in [-0.2, 0) is 4.79 Å². The molecule has 1 saturated heterocycles. The van der Waals surface area contributed by atoms with Gasteiger partial charge in [0.2, 0.25) is 5.91 Å². The third kappa shape index (κ3) is 3.29. The summed E-state index contributed by atoms with van der Waals surface area (Å²) in [6.07, 6.45) is 8.71. The van der Waals surface area contributed by atoms with Crippen LogP contribution in [0.15, 0.2) is 36.7 Å². The van der Waals surface area contributed by atoms with Gasteiger partial charge in [-0.1, -0.05) is 12.2 Å². The standard InChI is InChI=1S/C19H22N4O2/c24-18(11-14-3-1-2-4-14)22-7-9-23(10-8-22)19(25)15-5-6-16-17(12-15)21-13-20-16/h1,3,5-6,12-14H,2,4,7-11H2,(H,20,21)/t14-/m1/s1. The molecule has 0 bridgehead atoms. The van der Waals surface area contributed by atoms with Gasteiger partial charge >= 0.3 is 0 Å². The molecular weight excluding hydrogens is 316 g/mol. The maximum absolute atomic E-state index is 12.7. The Hall–Kier alpha value is -2.63. The Bertz CT molecular complexity index is 818. The highest BCUT2D eigenvalue weighted by atomic mass is 16.2. The predicted molar refractivity (Wildman–Crippen MR) is 95.1 cm³/mol.